The molecule has 0 nitrogen and oxygen atoms in total. The molecule has 0 unspecified atom stereocenters. The van der Waals surface area contributed by atoms with Crippen molar-refractivity contribution in [3.05, 3.63) is 70.5 Å². The van der Waals surface area contributed by atoms with E-state index in [1.54, 1.807) is 5.56 Å². The molecule has 2 aromatic carbocycles. The van der Waals surface area contributed by atoms with Gasteiger partial charge in [0.15, 0.2) is 0 Å². The van der Waals surface area contributed by atoms with Crippen LogP contribution < -0.4 is 0 Å². The summed E-state index contributed by atoms with van der Waals surface area (Å²) in [7, 11) is 0. The Morgan fingerprint density at radius 2 is 1.00 bits per heavy atom. The van der Waals surface area contributed by atoms with Gasteiger partial charge in [0.25, 0.3) is 0 Å². The van der Waals surface area contributed by atoms with E-state index in [1.165, 1.54) is 94.6 Å². The molecule has 196 valence electrons. The molecular weight excluding hydrogens is 439 g/mol. The van der Waals surface area contributed by atoms with Crippen molar-refractivity contribution in [3.63, 3.8) is 0 Å². The van der Waals surface area contributed by atoms with Crippen molar-refractivity contribution in [1.29, 1.82) is 0 Å². The Balaban J connectivity index is 1.13. The fraction of sp³-hybridized carbons (Fsp3) is 0.657. The average molecular weight is 489 g/mol. The number of benzene rings is 2. The van der Waals surface area contributed by atoms with Crippen molar-refractivity contribution in [2.24, 2.45) is 11.8 Å². The minimum atomic E-state index is 0.0637. The Morgan fingerprint density at radius 1 is 0.556 bits per heavy atom. The third-order valence-electron chi connectivity index (χ3n) is 10.5. The summed E-state index contributed by atoms with van der Waals surface area (Å²) in [5.74, 6) is 4.31. The molecule has 0 aromatic heterocycles. The second-order valence-corrected chi connectivity index (χ2v) is 12.6. The summed E-state index contributed by atoms with van der Waals surface area (Å²) in [6.07, 6.45) is 19.3. The fourth-order valence-corrected chi connectivity index (χ4v) is 8.00. The first kappa shape index (κ1) is 26.0. The van der Waals surface area contributed by atoms with Crippen molar-refractivity contribution in [3.8, 4) is 0 Å². The summed E-state index contributed by atoms with van der Waals surface area (Å²) < 4.78 is 15.3. The van der Waals surface area contributed by atoms with Gasteiger partial charge in [-0.3, -0.25) is 0 Å². The monoisotopic (exact) mass is 488 g/mol. The van der Waals surface area contributed by atoms with Crippen LogP contribution in [0.2, 0.25) is 0 Å². The molecule has 36 heavy (non-hydrogen) atoms. The molecule has 0 saturated heterocycles. The molecule has 3 aliphatic carbocycles. The summed E-state index contributed by atoms with van der Waals surface area (Å²) >= 11 is 0. The highest BCUT2D eigenvalue weighted by Gasteiger charge is 2.28. The summed E-state index contributed by atoms with van der Waals surface area (Å²) in [5, 5.41) is 0. The largest absolute Gasteiger partial charge is 0.207 e. The molecule has 3 fully saturated rings. The second kappa shape index (κ2) is 12.3. The van der Waals surface area contributed by atoms with Gasteiger partial charge >= 0.3 is 0 Å². The molecule has 0 amide bonds. The first-order valence-corrected chi connectivity index (χ1v) is 15.5. The van der Waals surface area contributed by atoms with Crippen LogP contribution in [0.25, 0.3) is 0 Å². The normalized spacial score (nSPS) is 31.3. The van der Waals surface area contributed by atoms with Gasteiger partial charge in [0, 0.05) is 0 Å². The lowest BCUT2D eigenvalue weighted by molar-refractivity contribution is 0.308. The fourth-order valence-electron chi connectivity index (χ4n) is 8.00. The van der Waals surface area contributed by atoms with Gasteiger partial charge in [0.2, 0.25) is 0 Å². The maximum atomic E-state index is 15.3. The standard InChI is InChI=1S/C35H49F/c1-3-5-26-8-12-31(13-9-26)33-22-23-34(35(36)24-33)32-20-18-30(19-21-32)29-16-14-28(15-17-29)27-10-6-25(4-2)7-11-27/h14-17,22-27,30-32H,3-13,18-21H2,1-2H3. The Bertz CT molecular complexity index is 935. The van der Waals surface area contributed by atoms with Crippen LogP contribution in [0, 0.1) is 17.7 Å². The number of rotatable bonds is 7. The van der Waals surface area contributed by atoms with Crippen LogP contribution >= 0.6 is 0 Å². The van der Waals surface area contributed by atoms with Crippen LogP contribution in [0.15, 0.2) is 42.5 Å². The van der Waals surface area contributed by atoms with E-state index in [-0.39, 0.29) is 5.82 Å². The maximum absolute atomic E-state index is 15.3. The van der Waals surface area contributed by atoms with Crippen LogP contribution in [0.3, 0.4) is 0 Å². The highest BCUT2D eigenvalue weighted by atomic mass is 19.1. The predicted octanol–water partition coefficient (Wildman–Crippen LogP) is 11.0. The SMILES string of the molecule is CCCC1CCC(c2ccc(C3CCC(c4ccc(C5CCC(CC)CC5)cc4)CC3)c(F)c2)CC1. The number of hydrogen-bond donors (Lipinski definition) is 0. The summed E-state index contributed by atoms with van der Waals surface area (Å²) in [6, 6.07) is 16.0. The van der Waals surface area contributed by atoms with Gasteiger partial charge in [-0.1, -0.05) is 69.5 Å². The molecule has 0 N–H and O–H groups in total. The third-order valence-corrected chi connectivity index (χ3v) is 10.5. The van der Waals surface area contributed by atoms with E-state index < -0.39 is 0 Å². The molecule has 5 rings (SSSR count). The van der Waals surface area contributed by atoms with Gasteiger partial charge in [0.1, 0.15) is 5.82 Å². The van der Waals surface area contributed by atoms with Crippen molar-refractivity contribution in [2.45, 2.75) is 134 Å². The van der Waals surface area contributed by atoms with E-state index in [2.05, 4.69) is 50.2 Å². The van der Waals surface area contributed by atoms with E-state index in [4.69, 9.17) is 0 Å². The van der Waals surface area contributed by atoms with E-state index in [9.17, 15) is 0 Å². The zero-order valence-electron chi connectivity index (χ0n) is 23.0. The van der Waals surface area contributed by atoms with E-state index in [1.807, 2.05) is 6.07 Å². The van der Waals surface area contributed by atoms with E-state index in [0.717, 1.165) is 36.2 Å². The number of halogens is 1. The van der Waals surface area contributed by atoms with Gasteiger partial charge in [-0.25, -0.2) is 4.39 Å². The lowest BCUT2D eigenvalue weighted by Crippen LogP contribution is -2.15. The Hall–Kier alpha value is -1.63. The molecule has 0 aliphatic heterocycles. The van der Waals surface area contributed by atoms with Gasteiger partial charge in [-0.2, -0.15) is 0 Å². The Kier molecular flexibility index (Phi) is 8.86. The summed E-state index contributed by atoms with van der Waals surface area (Å²) in [4.78, 5) is 0. The van der Waals surface area contributed by atoms with Crippen molar-refractivity contribution >= 4 is 0 Å². The number of hydrogen-bond acceptors (Lipinski definition) is 0. The summed E-state index contributed by atoms with van der Waals surface area (Å²) in [6.45, 7) is 4.64. The van der Waals surface area contributed by atoms with E-state index >= 15 is 4.39 Å². The van der Waals surface area contributed by atoms with Crippen LogP contribution in [0.5, 0.6) is 0 Å². The molecule has 3 saturated carbocycles. The predicted molar refractivity (Wildman–Crippen MR) is 151 cm³/mol. The Labute approximate surface area is 220 Å². The first-order chi connectivity index (χ1) is 17.6. The molecule has 1 heteroatoms. The molecule has 3 aliphatic rings. The highest BCUT2D eigenvalue weighted by molar-refractivity contribution is 5.32. The van der Waals surface area contributed by atoms with Gasteiger partial charge in [-0.15, -0.1) is 0 Å². The minimum absolute atomic E-state index is 0.0637. The molecule has 0 atom stereocenters. The lowest BCUT2D eigenvalue weighted by atomic mass is 9.74. The van der Waals surface area contributed by atoms with Gasteiger partial charge in [0.05, 0.1) is 0 Å². The molecule has 0 spiro atoms. The Morgan fingerprint density at radius 3 is 1.50 bits per heavy atom. The molecule has 0 bridgehead atoms. The zero-order valence-corrected chi connectivity index (χ0v) is 23.0. The molecule has 0 heterocycles. The van der Waals surface area contributed by atoms with Crippen LogP contribution in [0.4, 0.5) is 4.39 Å². The maximum Gasteiger partial charge on any atom is 0.126 e. The molecule has 0 radical (unpaired) electrons. The first-order valence-electron chi connectivity index (χ1n) is 15.5. The third kappa shape index (κ3) is 6.08. The quantitative estimate of drug-likeness (QED) is 0.363. The minimum Gasteiger partial charge on any atom is -0.207 e. The van der Waals surface area contributed by atoms with E-state index in [0.29, 0.717) is 17.8 Å². The van der Waals surface area contributed by atoms with Crippen LogP contribution in [0.1, 0.15) is 156 Å². The zero-order chi connectivity index (χ0) is 24.9. The van der Waals surface area contributed by atoms with Crippen LogP contribution in [-0.2, 0) is 0 Å². The second-order valence-electron chi connectivity index (χ2n) is 12.6. The van der Waals surface area contributed by atoms with Crippen molar-refractivity contribution in [2.75, 3.05) is 0 Å². The molecular formula is C35H49F. The van der Waals surface area contributed by atoms with Crippen LogP contribution in [-0.4, -0.2) is 0 Å². The highest BCUT2D eigenvalue weighted by Crippen LogP contribution is 2.44. The molecule has 2 aromatic rings. The average Bonchev–Trinajstić information content (AvgIpc) is 2.94. The van der Waals surface area contributed by atoms with Crippen molar-refractivity contribution < 1.29 is 4.39 Å². The summed E-state index contributed by atoms with van der Waals surface area (Å²) in [5.41, 5.74) is 5.30. The van der Waals surface area contributed by atoms with Crippen molar-refractivity contribution in [1.82, 2.24) is 0 Å². The lowest BCUT2D eigenvalue weighted by Gasteiger charge is -2.31. The van der Waals surface area contributed by atoms with Gasteiger partial charge < -0.3 is 0 Å². The van der Waals surface area contributed by atoms with Gasteiger partial charge in [-0.05, 0) is 141 Å². The topological polar surface area (TPSA) is 0 Å². The smallest absolute Gasteiger partial charge is 0.126 e.